The van der Waals surface area contributed by atoms with Crippen molar-refractivity contribution < 1.29 is 9.16 Å². The standard InChI is InChI=1S/C11H22O2Si/c1-11(2,3)14(4,5)13-9-7-6-8-10(9)12-8/h8-10H,6-7H2,1-5H3/t8-,9+,10-/m0/s1. The molecule has 1 saturated heterocycles. The average Bonchev–Trinajstić information content (AvgIpc) is 2.68. The Bertz CT molecular complexity index is 232. The molecule has 3 atom stereocenters. The van der Waals surface area contributed by atoms with E-state index in [0.29, 0.717) is 23.4 Å². The molecular weight excluding hydrogens is 192 g/mol. The molecule has 1 heterocycles. The van der Waals surface area contributed by atoms with E-state index in [1.54, 1.807) is 0 Å². The Morgan fingerprint density at radius 1 is 1.21 bits per heavy atom. The van der Waals surface area contributed by atoms with Gasteiger partial charge < -0.3 is 9.16 Å². The third kappa shape index (κ3) is 1.77. The van der Waals surface area contributed by atoms with Crippen LogP contribution >= 0.6 is 0 Å². The zero-order valence-electron chi connectivity index (χ0n) is 9.96. The Balaban J connectivity index is 1.96. The predicted molar refractivity (Wildman–Crippen MR) is 60.0 cm³/mol. The number of hydrogen-bond donors (Lipinski definition) is 0. The summed E-state index contributed by atoms with van der Waals surface area (Å²) in [6.45, 7) is 11.5. The van der Waals surface area contributed by atoms with E-state index in [9.17, 15) is 0 Å². The zero-order chi connectivity index (χ0) is 10.6. The van der Waals surface area contributed by atoms with E-state index in [-0.39, 0.29) is 0 Å². The van der Waals surface area contributed by atoms with E-state index in [2.05, 4.69) is 33.9 Å². The molecule has 0 unspecified atom stereocenters. The van der Waals surface area contributed by atoms with Crippen molar-refractivity contribution in [1.82, 2.24) is 0 Å². The summed E-state index contributed by atoms with van der Waals surface area (Å²) < 4.78 is 11.9. The van der Waals surface area contributed by atoms with Crippen molar-refractivity contribution in [3.05, 3.63) is 0 Å². The Hall–Kier alpha value is 0.137. The Morgan fingerprint density at radius 2 is 1.86 bits per heavy atom. The van der Waals surface area contributed by atoms with E-state index >= 15 is 0 Å². The summed E-state index contributed by atoms with van der Waals surface area (Å²) in [5.41, 5.74) is 0. The van der Waals surface area contributed by atoms with E-state index in [4.69, 9.17) is 9.16 Å². The van der Waals surface area contributed by atoms with Crippen LogP contribution in [0.2, 0.25) is 18.1 Å². The summed E-state index contributed by atoms with van der Waals surface area (Å²) in [4.78, 5) is 0. The Morgan fingerprint density at radius 3 is 2.21 bits per heavy atom. The minimum Gasteiger partial charge on any atom is -0.411 e. The maximum absolute atomic E-state index is 6.33. The summed E-state index contributed by atoms with van der Waals surface area (Å²) in [6, 6.07) is 0. The maximum Gasteiger partial charge on any atom is 0.192 e. The van der Waals surface area contributed by atoms with Crippen LogP contribution in [-0.2, 0) is 9.16 Å². The molecule has 0 amide bonds. The van der Waals surface area contributed by atoms with E-state index in [1.165, 1.54) is 12.8 Å². The van der Waals surface area contributed by atoms with Gasteiger partial charge in [-0.25, -0.2) is 0 Å². The summed E-state index contributed by atoms with van der Waals surface area (Å²) >= 11 is 0. The van der Waals surface area contributed by atoms with Crippen LogP contribution in [0, 0.1) is 0 Å². The summed E-state index contributed by atoms with van der Waals surface area (Å²) in [5.74, 6) is 0. The Kier molecular flexibility index (Phi) is 2.33. The molecule has 3 heteroatoms. The SMILES string of the molecule is CC(C)(C)[Si](C)(C)O[C@@H]1CC[C@@H]2O[C@@H]21. The second kappa shape index (κ2) is 3.06. The van der Waals surface area contributed by atoms with Gasteiger partial charge in [0, 0.05) is 0 Å². The van der Waals surface area contributed by atoms with Crippen molar-refractivity contribution in [2.45, 2.75) is 70.1 Å². The number of fused-ring (bicyclic) bond motifs is 1. The van der Waals surface area contributed by atoms with Gasteiger partial charge in [0.2, 0.25) is 0 Å². The van der Waals surface area contributed by atoms with Gasteiger partial charge in [0.15, 0.2) is 8.32 Å². The smallest absolute Gasteiger partial charge is 0.192 e. The average molecular weight is 214 g/mol. The zero-order valence-corrected chi connectivity index (χ0v) is 11.0. The minimum atomic E-state index is -1.57. The summed E-state index contributed by atoms with van der Waals surface area (Å²) in [7, 11) is -1.57. The highest BCUT2D eigenvalue weighted by molar-refractivity contribution is 6.74. The van der Waals surface area contributed by atoms with Crippen LogP contribution in [0.1, 0.15) is 33.6 Å². The van der Waals surface area contributed by atoms with Gasteiger partial charge in [-0.05, 0) is 31.0 Å². The second-order valence-corrected chi connectivity index (χ2v) is 10.9. The highest BCUT2D eigenvalue weighted by Gasteiger charge is 2.53. The van der Waals surface area contributed by atoms with Gasteiger partial charge in [0.1, 0.15) is 6.10 Å². The van der Waals surface area contributed by atoms with E-state index in [1.807, 2.05) is 0 Å². The van der Waals surface area contributed by atoms with Gasteiger partial charge in [-0.2, -0.15) is 0 Å². The molecule has 0 aromatic rings. The van der Waals surface area contributed by atoms with Crippen molar-refractivity contribution >= 4 is 8.32 Å². The van der Waals surface area contributed by atoms with Crippen LogP contribution in [0.5, 0.6) is 0 Å². The normalized spacial score (nSPS) is 37.1. The summed E-state index contributed by atoms with van der Waals surface area (Å²) in [6.07, 6.45) is 3.82. The molecule has 0 radical (unpaired) electrons. The molecule has 2 rings (SSSR count). The molecule has 0 N–H and O–H groups in total. The minimum absolute atomic E-state index is 0.319. The quantitative estimate of drug-likeness (QED) is 0.521. The first-order valence-corrected chi connectivity index (χ1v) is 8.55. The van der Waals surface area contributed by atoms with Gasteiger partial charge >= 0.3 is 0 Å². The fourth-order valence-electron chi connectivity index (χ4n) is 1.89. The molecule has 1 aliphatic heterocycles. The fraction of sp³-hybridized carbons (Fsp3) is 1.00. The summed E-state index contributed by atoms with van der Waals surface area (Å²) in [5, 5.41) is 0.319. The first-order valence-electron chi connectivity index (χ1n) is 5.64. The second-order valence-electron chi connectivity index (χ2n) is 6.13. The van der Waals surface area contributed by atoms with E-state index < -0.39 is 8.32 Å². The Labute approximate surface area is 88.1 Å². The number of rotatable bonds is 2. The van der Waals surface area contributed by atoms with Gasteiger partial charge in [-0.1, -0.05) is 20.8 Å². The van der Waals surface area contributed by atoms with Crippen molar-refractivity contribution in [1.29, 1.82) is 0 Å². The monoisotopic (exact) mass is 214 g/mol. The van der Waals surface area contributed by atoms with E-state index in [0.717, 1.165) is 0 Å². The van der Waals surface area contributed by atoms with Gasteiger partial charge in [0.25, 0.3) is 0 Å². The molecule has 0 aromatic carbocycles. The predicted octanol–water partition coefficient (Wildman–Crippen LogP) is 2.94. The fourth-order valence-corrected chi connectivity index (χ4v) is 3.25. The third-order valence-electron chi connectivity index (χ3n) is 3.98. The molecule has 2 fully saturated rings. The van der Waals surface area contributed by atoms with Crippen LogP contribution in [0.25, 0.3) is 0 Å². The van der Waals surface area contributed by atoms with Crippen LogP contribution in [0.4, 0.5) is 0 Å². The number of hydrogen-bond acceptors (Lipinski definition) is 2. The lowest BCUT2D eigenvalue weighted by molar-refractivity contribution is 0.126. The van der Waals surface area contributed by atoms with Crippen LogP contribution in [0.15, 0.2) is 0 Å². The van der Waals surface area contributed by atoms with Crippen LogP contribution in [0.3, 0.4) is 0 Å². The first kappa shape index (κ1) is 10.6. The van der Waals surface area contributed by atoms with Crippen molar-refractivity contribution in [2.75, 3.05) is 0 Å². The molecule has 14 heavy (non-hydrogen) atoms. The van der Waals surface area contributed by atoms with Gasteiger partial charge in [0.05, 0.1) is 12.2 Å². The molecule has 1 aliphatic carbocycles. The third-order valence-corrected chi connectivity index (χ3v) is 8.48. The van der Waals surface area contributed by atoms with Crippen LogP contribution < -0.4 is 0 Å². The maximum atomic E-state index is 6.33. The molecule has 2 nitrogen and oxygen atoms in total. The lowest BCUT2D eigenvalue weighted by atomic mass is 10.2. The lowest BCUT2D eigenvalue weighted by Gasteiger charge is -2.38. The molecule has 0 bridgehead atoms. The molecule has 1 saturated carbocycles. The molecule has 0 aromatic heterocycles. The van der Waals surface area contributed by atoms with Gasteiger partial charge in [-0.15, -0.1) is 0 Å². The molecule has 0 spiro atoms. The van der Waals surface area contributed by atoms with Gasteiger partial charge in [-0.3, -0.25) is 0 Å². The molecule has 2 aliphatic rings. The highest BCUT2D eigenvalue weighted by atomic mass is 28.4. The largest absolute Gasteiger partial charge is 0.411 e. The van der Waals surface area contributed by atoms with Crippen molar-refractivity contribution in [2.24, 2.45) is 0 Å². The lowest BCUT2D eigenvalue weighted by Crippen LogP contribution is -2.44. The highest BCUT2D eigenvalue weighted by Crippen LogP contribution is 2.45. The number of ether oxygens (including phenoxy) is 1. The molecular formula is C11H22O2Si. The van der Waals surface area contributed by atoms with Crippen molar-refractivity contribution in [3.8, 4) is 0 Å². The van der Waals surface area contributed by atoms with Crippen LogP contribution in [-0.4, -0.2) is 26.6 Å². The number of epoxide rings is 1. The molecule has 82 valence electrons. The topological polar surface area (TPSA) is 21.8 Å². The first-order chi connectivity index (χ1) is 6.31. The van der Waals surface area contributed by atoms with Crippen molar-refractivity contribution in [3.63, 3.8) is 0 Å².